The van der Waals surface area contributed by atoms with Gasteiger partial charge in [-0.3, -0.25) is 9.89 Å². The van der Waals surface area contributed by atoms with Crippen LogP contribution < -0.4 is 10.2 Å². The lowest BCUT2D eigenvalue weighted by Gasteiger charge is -2.38. The standard InChI is InChI=1S/C21H35N5O/c1-4-22-21(23-8-9-24-14-16-27-17-15-24)26-12-10-25(11-13-26)20-7-5-6-18(2)19(20)3/h5-7H,4,8-17H2,1-3H3,(H,22,23). The second-order valence-electron chi connectivity index (χ2n) is 7.38. The van der Waals surface area contributed by atoms with Crippen molar-refractivity contribution < 1.29 is 4.74 Å². The molecule has 0 unspecified atom stereocenters. The van der Waals surface area contributed by atoms with Gasteiger partial charge >= 0.3 is 0 Å². The maximum Gasteiger partial charge on any atom is 0.194 e. The van der Waals surface area contributed by atoms with E-state index in [1.807, 2.05) is 0 Å². The molecular formula is C21H35N5O. The molecule has 0 spiro atoms. The molecule has 0 aliphatic carbocycles. The molecule has 2 fully saturated rings. The molecule has 2 saturated heterocycles. The van der Waals surface area contributed by atoms with E-state index in [9.17, 15) is 0 Å². The number of benzene rings is 1. The first-order valence-corrected chi connectivity index (χ1v) is 10.3. The largest absolute Gasteiger partial charge is 0.379 e. The second-order valence-corrected chi connectivity index (χ2v) is 7.38. The van der Waals surface area contributed by atoms with Crippen molar-refractivity contribution in [3.8, 4) is 0 Å². The van der Waals surface area contributed by atoms with Crippen molar-refractivity contribution in [3.63, 3.8) is 0 Å². The number of morpholine rings is 1. The lowest BCUT2D eigenvalue weighted by Crippen LogP contribution is -2.53. The van der Waals surface area contributed by atoms with E-state index in [1.54, 1.807) is 0 Å². The maximum absolute atomic E-state index is 5.42. The van der Waals surface area contributed by atoms with Crippen LogP contribution in [0.5, 0.6) is 0 Å². The zero-order valence-corrected chi connectivity index (χ0v) is 17.2. The first-order chi connectivity index (χ1) is 13.2. The van der Waals surface area contributed by atoms with E-state index in [1.165, 1.54) is 16.8 Å². The summed E-state index contributed by atoms with van der Waals surface area (Å²) < 4.78 is 5.42. The third-order valence-corrected chi connectivity index (χ3v) is 5.61. The average molecular weight is 374 g/mol. The van der Waals surface area contributed by atoms with Crippen molar-refractivity contribution in [2.75, 3.05) is 77.0 Å². The van der Waals surface area contributed by atoms with Crippen molar-refractivity contribution in [1.29, 1.82) is 0 Å². The molecule has 1 aromatic rings. The molecule has 2 aliphatic rings. The smallest absolute Gasteiger partial charge is 0.194 e. The maximum atomic E-state index is 5.42. The van der Waals surface area contributed by atoms with Crippen molar-refractivity contribution >= 4 is 11.6 Å². The summed E-state index contributed by atoms with van der Waals surface area (Å²) in [7, 11) is 0. The SMILES string of the molecule is CCNC(=NCCN1CCOCC1)N1CCN(c2cccc(C)c2C)CC1. The summed E-state index contributed by atoms with van der Waals surface area (Å²) in [6.45, 7) is 17.2. The number of hydrogen-bond donors (Lipinski definition) is 1. The highest BCUT2D eigenvalue weighted by atomic mass is 16.5. The third-order valence-electron chi connectivity index (χ3n) is 5.61. The molecule has 3 rings (SSSR count). The molecule has 1 N–H and O–H groups in total. The van der Waals surface area contributed by atoms with Gasteiger partial charge in [-0.1, -0.05) is 12.1 Å². The normalized spacial score (nSPS) is 19.4. The quantitative estimate of drug-likeness (QED) is 0.629. The molecule has 0 aromatic heterocycles. The fourth-order valence-corrected chi connectivity index (χ4v) is 3.79. The minimum Gasteiger partial charge on any atom is -0.379 e. The second kappa shape index (κ2) is 9.95. The highest BCUT2D eigenvalue weighted by molar-refractivity contribution is 5.80. The minimum absolute atomic E-state index is 0.847. The predicted octanol–water partition coefficient (Wildman–Crippen LogP) is 1.72. The number of nitrogens with one attached hydrogen (secondary N) is 1. The fourth-order valence-electron chi connectivity index (χ4n) is 3.79. The van der Waals surface area contributed by atoms with Crippen LogP contribution in [0.25, 0.3) is 0 Å². The third kappa shape index (κ3) is 5.36. The number of nitrogens with zero attached hydrogens (tertiary/aromatic N) is 4. The molecule has 27 heavy (non-hydrogen) atoms. The molecule has 0 radical (unpaired) electrons. The van der Waals surface area contributed by atoms with Crippen LogP contribution in [0.2, 0.25) is 0 Å². The minimum atomic E-state index is 0.847. The van der Waals surface area contributed by atoms with Crippen LogP contribution in [0.1, 0.15) is 18.1 Å². The van der Waals surface area contributed by atoms with Gasteiger partial charge in [0, 0.05) is 58.0 Å². The summed E-state index contributed by atoms with van der Waals surface area (Å²) >= 11 is 0. The van der Waals surface area contributed by atoms with Gasteiger partial charge in [0.05, 0.1) is 19.8 Å². The van der Waals surface area contributed by atoms with Gasteiger partial charge in [-0.2, -0.15) is 0 Å². The Morgan fingerprint density at radius 2 is 1.81 bits per heavy atom. The fraction of sp³-hybridized carbons (Fsp3) is 0.667. The van der Waals surface area contributed by atoms with Crippen molar-refractivity contribution in [2.24, 2.45) is 4.99 Å². The summed E-state index contributed by atoms with van der Waals surface area (Å²) in [6.07, 6.45) is 0. The van der Waals surface area contributed by atoms with Crippen LogP contribution in [0.3, 0.4) is 0 Å². The zero-order valence-electron chi connectivity index (χ0n) is 17.2. The number of rotatable bonds is 5. The summed E-state index contributed by atoms with van der Waals surface area (Å²) in [4.78, 5) is 12.2. The van der Waals surface area contributed by atoms with Gasteiger partial charge in [0.2, 0.25) is 0 Å². The van der Waals surface area contributed by atoms with Crippen molar-refractivity contribution in [3.05, 3.63) is 29.3 Å². The zero-order chi connectivity index (χ0) is 19.1. The van der Waals surface area contributed by atoms with Crippen molar-refractivity contribution in [2.45, 2.75) is 20.8 Å². The summed E-state index contributed by atoms with van der Waals surface area (Å²) in [5.41, 5.74) is 4.15. The molecule has 0 amide bonds. The van der Waals surface area contributed by atoms with E-state index in [4.69, 9.17) is 9.73 Å². The van der Waals surface area contributed by atoms with Crippen LogP contribution in [-0.2, 0) is 4.74 Å². The van der Waals surface area contributed by atoms with Crippen LogP contribution in [0.15, 0.2) is 23.2 Å². The summed E-state index contributed by atoms with van der Waals surface area (Å²) in [5.74, 6) is 1.06. The lowest BCUT2D eigenvalue weighted by molar-refractivity contribution is 0.0394. The number of aliphatic imine (C=N–C) groups is 1. The Labute approximate surface area is 164 Å². The van der Waals surface area contributed by atoms with Crippen LogP contribution in [-0.4, -0.2) is 87.9 Å². The Hall–Kier alpha value is -1.79. The lowest BCUT2D eigenvalue weighted by atomic mass is 10.1. The first kappa shape index (κ1) is 20.0. The predicted molar refractivity (Wildman–Crippen MR) is 113 cm³/mol. The number of anilines is 1. The number of guanidine groups is 1. The number of piperazine rings is 1. The molecule has 2 heterocycles. The van der Waals surface area contributed by atoms with Gasteiger partial charge < -0.3 is 19.9 Å². The van der Waals surface area contributed by atoms with Crippen LogP contribution in [0, 0.1) is 13.8 Å². The molecule has 0 bridgehead atoms. The highest BCUT2D eigenvalue weighted by Gasteiger charge is 2.21. The molecule has 6 heteroatoms. The van der Waals surface area contributed by atoms with Gasteiger partial charge in [0.25, 0.3) is 0 Å². The number of hydrogen-bond acceptors (Lipinski definition) is 4. The highest BCUT2D eigenvalue weighted by Crippen LogP contribution is 2.23. The molecular weight excluding hydrogens is 338 g/mol. The number of aryl methyl sites for hydroxylation is 1. The molecule has 2 aliphatic heterocycles. The Kier molecular flexibility index (Phi) is 7.35. The Balaban J connectivity index is 1.54. The molecule has 0 atom stereocenters. The van der Waals surface area contributed by atoms with E-state index < -0.39 is 0 Å². The van der Waals surface area contributed by atoms with Gasteiger partial charge in [-0.25, -0.2) is 0 Å². The van der Waals surface area contributed by atoms with E-state index >= 15 is 0 Å². The Morgan fingerprint density at radius 1 is 1.07 bits per heavy atom. The molecule has 0 saturated carbocycles. The Bertz CT molecular complexity index is 619. The van der Waals surface area contributed by atoms with E-state index in [-0.39, 0.29) is 0 Å². The summed E-state index contributed by atoms with van der Waals surface area (Å²) in [6, 6.07) is 6.61. The monoisotopic (exact) mass is 373 g/mol. The Morgan fingerprint density at radius 3 is 2.52 bits per heavy atom. The van der Waals surface area contributed by atoms with E-state index in [2.05, 4.69) is 59.0 Å². The van der Waals surface area contributed by atoms with E-state index in [0.717, 1.165) is 78.1 Å². The average Bonchev–Trinajstić information content (AvgIpc) is 2.70. The van der Waals surface area contributed by atoms with Crippen LogP contribution >= 0.6 is 0 Å². The summed E-state index contributed by atoms with van der Waals surface area (Å²) in [5, 5.41) is 3.48. The van der Waals surface area contributed by atoms with E-state index in [0.29, 0.717) is 0 Å². The molecule has 6 nitrogen and oxygen atoms in total. The topological polar surface area (TPSA) is 43.3 Å². The van der Waals surface area contributed by atoms with Gasteiger partial charge in [0.15, 0.2) is 5.96 Å². The van der Waals surface area contributed by atoms with Gasteiger partial charge in [-0.05, 0) is 38.0 Å². The van der Waals surface area contributed by atoms with Gasteiger partial charge in [0.1, 0.15) is 0 Å². The van der Waals surface area contributed by atoms with Crippen molar-refractivity contribution in [1.82, 2.24) is 15.1 Å². The first-order valence-electron chi connectivity index (χ1n) is 10.3. The molecule has 1 aromatic carbocycles. The van der Waals surface area contributed by atoms with Gasteiger partial charge in [-0.15, -0.1) is 0 Å². The number of ether oxygens (including phenoxy) is 1. The van der Waals surface area contributed by atoms with Crippen LogP contribution in [0.4, 0.5) is 5.69 Å². The molecule has 150 valence electrons.